The Balaban J connectivity index is 1.92. The van der Waals surface area contributed by atoms with Gasteiger partial charge in [-0.05, 0) is 19.4 Å². The molecule has 2 aromatic heterocycles. The summed E-state index contributed by atoms with van der Waals surface area (Å²) in [7, 11) is 0. The Hall–Kier alpha value is -2.89. The van der Waals surface area contributed by atoms with Gasteiger partial charge in [-0.15, -0.1) is 0 Å². The van der Waals surface area contributed by atoms with E-state index in [4.69, 9.17) is 8.94 Å². The third-order valence-corrected chi connectivity index (χ3v) is 3.50. The molecule has 2 heterocycles. The van der Waals surface area contributed by atoms with Crippen LogP contribution in [0.15, 0.2) is 39.3 Å². The van der Waals surface area contributed by atoms with Crippen LogP contribution in [0.5, 0.6) is 0 Å². The molecule has 0 saturated carbocycles. The summed E-state index contributed by atoms with van der Waals surface area (Å²) in [5.41, 5.74) is 2.93. The Labute approximate surface area is 133 Å². The highest BCUT2D eigenvalue weighted by Crippen LogP contribution is 2.31. The minimum atomic E-state index is -0.400. The van der Waals surface area contributed by atoms with Gasteiger partial charge in [-0.2, -0.15) is 0 Å². The maximum atomic E-state index is 12.4. The average molecular weight is 311 g/mol. The second-order valence-electron chi connectivity index (χ2n) is 5.17. The fourth-order valence-electron chi connectivity index (χ4n) is 2.37. The molecule has 3 rings (SSSR count). The molecular weight excluding hydrogens is 294 g/mol. The van der Waals surface area contributed by atoms with Crippen LogP contribution in [0, 0.1) is 13.8 Å². The van der Waals surface area contributed by atoms with Crippen molar-refractivity contribution in [2.24, 2.45) is 0 Å². The van der Waals surface area contributed by atoms with Gasteiger partial charge in [0.25, 0.3) is 5.91 Å². The van der Waals surface area contributed by atoms with Crippen molar-refractivity contribution in [2.75, 3.05) is 5.32 Å². The molecule has 6 nitrogen and oxygen atoms in total. The number of aromatic nitrogens is 2. The number of rotatable bonds is 4. The quantitative estimate of drug-likeness (QED) is 0.793. The molecule has 0 bridgehead atoms. The molecule has 0 saturated heterocycles. The van der Waals surface area contributed by atoms with E-state index in [0.29, 0.717) is 29.6 Å². The van der Waals surface area contributed by atoms with E-state index >= 15 is 0 Å². The normalized spacial score (nSPS) is 10.7. The molecule has 1 amide bonds. The average Bonchev–Trinajstić information content (AvgIpc) is 3.11. The molecule has 23 heavy (non-hydrogen) atoms. The molecule has 1 N–H and O–H groups in total. The maximum absolute atomic E-state index is 12.4. The standard InChI is InChI=1S/C17H17N3O3/c1-4-13-18-11(3)15(22-13)16(21)19-17-14(10(2)20-23-17)12-8-6-5-7-9-12/h5-9H,4H2,1-3H3,(H,19,21). The van der Waals surface area contributed by atoms with E-state index in [1.807, 2.05) is 44.2 Å². The second-order valence-corrected chi connectivity index (χ2v) is 5.17. The minimum absolute atomic E-state index is 0.190. The van der Waals surface area contributed by atoms with E-state index < -0.39 is 5.91 Å². The zero-order valence-corrected chi connectivity index (χ0v) is 13.2. The van der Waals surface area contributed by atoms with Crippen LogP contribution in [0.3, 0.4) is 0 Å². The van der Waals surface area contributed by atoms with Crippen molar-refractivity contribution in [3.8, 4) is 11.1 Å². The van der Waals surface area contributed by atoms with Gasteiger partial charge in [-0.1, -0.05) is 42.4 Å². The van der Waals surface area contributed by atoms with E-state index in [1.165, 1.54) is 0 Å². The lowest BCUT2D eigenvalue weighted by molar-refractivity contribution is 0.0991. The number of hydrogen-bond donors (Lipinski definition) is 1. The van der Waals surface area contributed by atoms with Crippen LogP contribution in [-0.2, 0) is 6.42 Å². The van der Waals surface area contributed by atoms with Crippen LogP contribution in [0.2, 0.25) is 0 Å². The Morgan fingerprint density at radius 3 is 2.57 bits per heavy atom. The lowest BCUT2D eigenvalue weighted by atomic mass is 10.1. The lowest BCUT2D eigenvalue weighted by Crippen LogP contribution is -2.12. The summed E-state index contributed by atoms with van der Waals surface area (Å²) in [5, 5.41) is 6.67. The number of nitrogens with one attached hydrogen (secondary N) is 1. The molecule has 0 aliphatic heterocycles. The SMILES string of the molecule is CCc1nc(C)c(C(=O)Nc2onc(C)c2-c2ccccc2)o1. The summed E-state index contributed by atoms with van der Waals surface area (Å²) in [4.78, 5) is 16.6. The summed E-state index contributed by atoms with van der Waals surface area (Å²) >= 11 is 0. The molecule has 0 fully saturated rings. The molecule has 0 aliphatic rings. The van der Waals surface area contributed by atoms with Gasteiger partial charge >= 0.3 is 0 Å². The summed E-state index contributed by atoms with van der Waals surface area (Å²) < 4.78 is 10.7. The number of carbonyl (C=O) groups excluding carboxylic acids is 1. The largest absolute Gasteiger partial charge is 0.435 e. The number of aryl methyl sites for hydroxylation is 3. The maximum Gasteiger partial charge on any atom is 0.295 e. The topological polar surface area (TPSA) is 81.2 Å². The first-order chi connectivity index (χ1) is 11.1. The lowest BCUT2D eigenvalue weighted by Gasteiger charge is -2.03. The molecular formula is C17H17N3O3. The number of anilines is 1. The first kappa shape index (κ1) is 15.0. The molecule has 6 heteroatoms. The number of amides is 1. The number of nitrogens with zero attached hydrogens (tertiary/aromatic N) is 2. The molecule has 0 atom stereocenters. The predicted molar refractivity (Wildman–Crippen MR) is 85.2 cm³/mol. The zero-order valence-electron chi connectivity index (χ0n) is 13.2. The minimum Gasteiger partial charge on any atom is -0.435 e. The van der Waals surface area contributed by atoms with Crippen LogP contribution in [0.1, 0.15) is 34.8 Å². The number of hydrogen-bond acceptors (Lipinski definition) is 5. The van der Waals surface area contributed by atoms with Crippen LogP contribution < -0.4 is 5.32 Å². The predicted octanol–water partition coefficient (Wildman–Crippen LogP) is 3.76. The highest BCUT2D eigenvalue weighted by atomic mass is 16.5. The first-order valence-electron chi connectivity index (χ1n) is 7.39. The molecule has 0 unspecified atom stereocenters. The van der Waals surface area contributed by atoms with Crippen molar-refractivity contribution in [2.45, 2.75) is 27.2 Å². The van der Waals surface area contributed by atoms with E-state index in [1.54, 1.807) is 6.92 Å². The van der Waals surface area contributed by atoms with E-state index in [2.05, 4.69) is 15.5 Å². The molecule has 0 spiro atoms. The highest BCUT2D eigenvalue weighted by molar-refractivity contribution is 6.04. The van der Waals surface area contributed by atoms with Gasteiger partial charge in [0.2, 0.25) is 11.6 Å². The van der Waals surface area contributed by atoms with Gasteiger partial charge in [0.1, 0.15) is 0 Å². The second kappa shape index (κ2) is 6.08. The fourth-order valence-corrected chi connectivity index (χ4v) is 2.37. The monoisotopic (exact) mass is 311 g/mol. The van der Waals surface area contributed by atoms with Crippen molar-refractivity contribution >= 4 is 11.8 Å². The third-order valence-electron chi connectivity index (χ3n) is 3.50. The Morgan fingerprint density at radius 2 is 1.91 bits per heavy atom. The van der Waals surface area contributed by atoms with Gasteiger partial charge in [-0.25, -0.2) is 4.98 Å². The van der Waals surface area contributed by atoms with E-state index in [-0.39, 0.29) is 5.76 Å². The van der Waals surface area contributed by atoms with Crippen molar-refractivity contribution in [3.63, 3.8) is 0 Å². The van der Waals surface area contributed by atoms with Crippen molar-refractivity contribution in [1.29, 1.82) is 0 Å². The van der Waals surface area contributed by atoms with Gasteiger partial charge in [0.05, 0.1) is 17.0 Å². The molecule has 3 aromatic rings. The van der Waals surface area contributed by atoms with Crippen LogP contribution in [0.25, 0.3) is 11.1 Å². The Kier molecular flexibility index (Phi) is 3.97. The number of oxazole rings is 1. The third kappa shape index (κ3) is 2.88. The number of carbonyl (C=O) groups is 1. The molecule has 118 valence electrons. The van der Waals surface area contributed by atoms with E-state index in [0.717, 1.165) is 11.1 Å². The van der Waals surface area contributed by atoms with Crippen molar-refractivity contribution in [3.05, 3.63) is 53.4 Å². The van der Waals surface area contributed by atoms with Gasteiger partial charge in [0.15, 0.2) is 5.89 Å². The fraction of sp³-hybridized carbons (Fsp3) is 0.235. The summed E-state index contributed by atoms with van der Waals surface area (Å²) in [6.45, 7) is 5.48. The Bertz CT molecular complexity index is 834. The molecule has 0 radical (unpaired) electrons. The van der Waals surface area contributed by atoms with Crippen molar-refractivity contribution < 1.29 is 13.7 Å². The van der Waals surface area contributed by atoms with Gasteiger partial charge < -0.3 is 8.94 Å². The highest BCUT2D eigenvalue weighted by Gasteiger charge is 2.22. The van der Waals surface area contributed by atoms with E-state index in [9.17, 15) is 4.79 Å². The summed E-state index contributed by atoms with van der Waals surface area (Å²) in [6.07, 6.45) is 0.630. The van der Waals surface area contributed by atoms with Crippen molar-refractivity contribution in [1.82, 2.24) is 10.1 Å². The van der Waals surface area contributed by atoms with Crippen LogP contribution in [0.4, 0.5) is 5.88 Å². The van der Waals surface area contributed by atoms with Gasteiger partial charge in [-0.3, -0.25) is 10.1 Å². The summed E-state index contributed by atoms with van der Waals surface area (Å²) in [6, 6.07) is 9.63. The molecule has 1 aromatic carbocycles. The number of benzene rings is 1. The molecule has 0 aliphatic carbocycles. The smallest absolute Gasteiger partial charge is 0.295 e. The van der Waals surface area contributed by atoms with Crippen LogP contribution in [-0.4, -0.2) is 16.0 Å². The zero-order chi connectivity index (χ0) is 16.4. The summed E-state index contributed by atoms with van der Waals surface area (Å²) in [5.74, 6) is 0.621. The Morgan fingerprint density at radius 1 is 1.17 bits per heavy atom. The van der Waals surface area contributed by atoms with Crippen LogP contribution >= 0.6 is 0 Å². The first-order valence-corrected chi connectivity index (χ1v) is 7.39. The van der Waals surface area contributed by atoms with Gasteiger partial charge in [0, 0.05) is 6.42 Å².